The van der Waals surface area contributed by atoms with E-state index in [1.54, 1.807) is 20.8 Å². The van der Waals surface area contributed by atoms with Crippen LogP contribution in [0.2, 0.25) is 0 Å². The van der Waals surface area contributed by atoms with Gasteiger partial charge in [0.2, 0.25) is 17.7 Å². The number of esters is 3. The predicted molar refractivity (Wildman–Crippen MR) is 201 cm³/mol. The van der Waals surface area contributed by atoms with E-state index >= 15 is 0 Å². The number of rotatable bonds is 21. The Bertz CT molecular complexity index is 1510. The minimum Gasteiger partial charge on any atom is -0.465 e. The van der Waals surface area contributed by atoms with Crippen LogP contribution in [0.3, 0.4) is 0 Å². The smallest absolute Gasteiger partial charge is 0.339 e. The number of aliphatic hydroxyl groups excluding tert-OH is 9. The lowest BCUT2D eigenvalue weighted by molar-refractivity contribution is -0.257. The molecule has 3 rings (SSSR count). The standard InChI is InChI=1S/C37H61N3O22/c1-4-7-19(41)38-24-30(49)27(46)16(60-33(24)52)10-11-57-22(44)12-37(56,36(55)59-15-18-29(48)32(51)26(35(54)62-18)40-21(43)9-6-3)13-23(45)58-14-17-28(47)31(50)25(34(53)61-17)39-20(42)8-5-2/h16-18,24-35,46-54,56H,4-15H2,1-3H3,(H,38,41)(H,39,42)(H,40,43)/t16-,17-,18-,24-,25+,26-,27-,28-,29-,30-,31-,32-,33?,34?,35?,37?/m1/s1. The highest BCUT2D eigenvalue weighted by Crippen LogP contribution is 2.27. The maximum Gasteiger partial charge on any atom is 0.339 e. The number of carbonyl (C=O) groups is 6. The summed E-state index contributed by atoms with van der Waals surface area (Å²) in [5.41, 5.74) is -3.14. The Balaban J connectivity index is 1.68. The summed E-state index contributed by atoms with van der Waals surface area (Å²) in [5, 5.41) is 113. The summed E-state index contributed by atoms with van der Waals surface area (Å²) in [6.07, 6.45) is -22.6. The number of ether oxygens (including phenoxy) is 6. The highest BCUT2D eigenvalue weighted by atomic mass is 16.7. The van der Waals surface area contributed by atoms with Crippen molar-refractivity contribution in [1.82, 2.24) is 16.0 Å². The molecule has 0 bridgehead atoms. The molecule has 0 aromatic heterocycles. The van der Waals surface area contributed by atoms with E-state index in [2.05, 4.69) is 16.0 Å². The van der Waals surface area contributed by atoms with Crippen molar-refractivity contribution < 1.29 is 108 Å². The van der Waals surface area contributed by atoms with Crippen molar-refractivity contribution >= 4 is 35.6 Å². The lowest BCUT2D eigenvalue weighted by Gasteiger charge is -2.41. The van der Waals surface area contributed by atoms with Crippen molar-refractivity contribution in [2.75, 3.05) is 19.8 Å². The van der Waals surface area contributed by atoms with E-state index in [-0.39, 0.29) is 25.7 Å². The van der Waals surface area contributed by atoms with Crippen molar-refractivity contribution in [1.29, 1.82) is 0 Å². The number of carbonyl (C=O) groups excluding carboxylic acids is 6. The molecule has 25 nitrogen and oxygen atoms in total. The molecule has 0 radical (unpaired) electrons. The zero-order chi connectivity index (χ0) is 46.5. The molecule has 0 aromatic carbocycles. The van der Waals surface area contributed by atoms with E-state index in [1.165, 1.54) is 0 Å². The first-order valence-corrected chi connectivity index (χ1v) is 20.4. The third-order valence-corrected chi connectivity index (χ3v) is 10.3. The highest BCUT2D eigenvalue weighted by molar-refractivity contribution is 5.90. The maximum absolute atomic E-state index is 13.4. The molecular weight excluding hydrogens is 838 g/mol. The molecule has 0 aliphatic carbocycles. The van der Waals surface area contributed by atoms with Gasteiger partial charge in [-0.15, -0.1) is 0 Å². The average Bonchev–Trinajstić information content (AvgIpc) is 3.20. The van der Waals surface area contributed by atoms with Gasteiger partial charge in [-0.3, -0.25) is 24.0 Å². The summed E-state index contributed by atoms with van der Waals surface area (Å²) >= 11 is 0. The summed E-state index contributed by atoms with van der Waals surface area (Å²) in [6.45, 7) is 2.59. The Morgan fingerprint density at radius 1 is 0.500 bits per heavy atom. The van der Waals surface area contributed by atoms with Gasteiger partial charge in [0.25, 0.3) is 0 Å². The topological polar surface area (TPSA) is 396 Å². The van der Waals surface area contributed by atoms with E-state index in [9.17, 15) is 79.8 Å². The van der Waals surface area contributed by atoms with Crippen LogP contribution >= 0.6 is 0 Å². The fourth-order valence-electron chi connectivity index (χ4n) is 6.82. The van der Waals surface area contributed by atoms with Gasteiger partial charge in [0.1, 0.15) is 80.2 Å². The third kappa shape index (κ3) is 14.4. The second-order valence-electron chi connectivity index (χ2n) is 15.3. The van der Waals surface area contributed by atoms with Gasteiger partial charge in [0, 0.05) is 25.7 Å². The summed E-state index contributed by atoms with van der Waals surface area (Å²) in [7, 11) is 0. The van der Waals surface area contributed by atoms with Crippen molar-refractivity contribution in [2.45, 2.75) is 176 Å². The molecule has 3 amide bonds. The molecule has 0 aromatic rings. The minimum atomic E-state index is -3.14. The van der Waals surface area contributed by atoms with Crippen LogP contribution in [0.25, 0.3) is 0 Å². The zero-order valence-corrected chi connectivity index (χ0v) is 34.5. The van der Waals surface area contributed by atoms with Crippen molar-refractivity contribution in [3.8, 4) is 0 Å². The fraction of sp³-hybridized carbons (Fsp3) is 0.838. The molecule has 3 aliphatic rings. The Labute approximate surface area is 355 Å². The van der Waals surface area contributed by atoms with Crippen LogP contribution in [0, 0.1) is 0 Å². The lowest BCUT2D eigenvalue weighted by Crippen LogP contribution is -2.64. The molecule has 0 saturated carbocycles. The number of nitrogens with one attached hydrogen (secondary N) is 3. The predicted octanol–water partition coefficient (Wildman–Crippen LogP) is -6.31. The number of aliphatic hydroxyl groups is 10. The van der Waals surface area contributed by atoms with Gasteiger partial charge < -0.3 is 95.4 Å². The molecule has 13 N–H and O–H groups in total. The minimum absolute atomic E-state index is 0.0248. The first-order chi connectivity index (χ1) is 29.2. The molecule has 3 heterocycles. The summed E-state index contributed by atoms with van der Waals surface area (Å²) in [4.78, 5) is 75.5. The van der Waals surface area contributed by atoms with E-state index in [4.69, 9.17) is 28.4 Å². The van der Waals surface area contributed by atoms with E-state index < -0.39 is 166 Å². The molecule has 0 spiro atoms. The Morgan fingerprint density at radius 3 is 1.23 bits per heavy atom. The molecule has 356 valence electrons. The summed E-state index contributed by atoms with van der Waals surface area (Å²) in [5.74, 6) is -6.18. The first kappa shape index (κ1) is 52.6. The van der Waals surface area contributed by atoms with Gasteiger partial charge in [0.05, 0.1) is 25.6 Å². The van der Waals surface area contributed by atoms with Gasteiger partial charge in [0.15, 0.2) is 24.5 Å². The van der Waals surface area contributed by atoms with E-state index in [0.29, 0.717) is 19.3 Å². The zero-order valence-electron chi connectivity index (χ0n) is 34.5. The molecule has 3 fully saturated rings. The highest BCUT2D eigenvalue weighted by Gasteiger charge is 2.49. The van der Waals surface area contributed by atoms with Crippen molar-refractivity contribution in [3.63, 3.8) is 0 Å². The SMILES string of the molecule is CCCC(=O)N[C@@H]1C(O)O[C@H](COC(=O)CC(O)(CC(=O)OCC[C@H]2OC(O)[C@H](NC(=O)CCC)[C@@H](O)[C@@H]2O)C(=O)OC[C@H]2OC(O)[C@H](NC(=O)CCC)[C@@H](O)[C@@H]2O)[C@@H](O)[C@@H]1O. The second kappa shape index (κ2) is 24.4. The Morgan fingerprint density at radius 2 is 0.839 bits per heavy atom. The van der Waals surface area contributed by atoms with Gasteiger partial charge in [-0.25, -0.2) is 4.79 Å². The molecule has 62 heavy (non-hydrogen) atoms. The number of hydrogen-bond acceptors (Lipinski definition) is 22. The molecule has 16 atom stereocenters. The fourth-order valence-corrected chi connectivity index (χ4v) is 6.82. The quantitative estimate of drug-likeness (QED) is 0.0376. The van der Waals surface area contributed by atoms with Crippen molar-refractivity contribution in [3.05, 3.63) is 0 Å². The maximum atomic E-state index is 13.4. The summed E-state index contributed by atoms with van der Waals surface area (Å²) in [6, 6.07) is -4.34. The molecule has 3 saturated heterocycles. The molecule has 3 aliphatic heterocycles. The lowest BCUT2D eigenvalue weighted by atomic mass is 9.94. The number of amides is 3. The van der Waals surface area contributed by atoms with Gasteiger partial charge in [-0.1, -0.05) is 20.8 Å². The van der Waals surface area contributed by atoms with Crippen LogP contribution in [0.5, 0.6) is 0 Å². The van der Waals surface area contributed by atoms with Gasteiger partial charge in [-0.2, -0.15) is 0 Å². The monoisotopic (exact) mass is 899 g/mol. The Hall–Kier alpha value is -3.70. The third-order valence-electron chi connectivity index (χ3n) is 10.3. The molecule has 25 heteroatoms. The van der Waals surface area contributed by atoms with Crippen molar-refractivity contribution in [2.24, 2.45) is 0 Å². The van der Waals surface area contributed by atoms with Crippen LogP contribution in [-0.4, -0.2) is 204 Å². The van der Waals surface area contributed by atoms with E-state index in [0.717, 1.165) is 0 Å². The molecular formula is C37H61N3O22. The van der Waals surface area contributed by atoms with E-state index in [1.807, 2.05) is 0 Å². The van der Waals surface area contributed by atoms with Crippen LogP contribution in [0.4, 0.5) is 0 Å². The van der Waals surface area contributed by atoms with Gasteiger partial charge >= 0.3 is 17.9 Å². The van der Waals surface area contributed by atoms with Crippen LogP contribution < -0.4 is 16.0 Å². The molecule has 4 unspecified atom stereocenters. The summed E-state index contributed by atoms with van der Waals surface area (Å²) < 4.78 is 30.9. The average molecular weight is 900 g/mol. The normalized spacial score (nSPS) is 34.5. The van der Waals surface area contributed by atoms with Gasteiger partial charge in [-0.05, 0) is 19.3 Å². The number of hydrogen-bond donors (Lipinski definition) is 13. The van der Waals surface area contributed by atoms with Crippen LogP contribution in [0.15, 0.2) is 0 Å². The van der Waals surface area contributed by atoms with Crippen LogP contribution in [-0.2, 0) is 57.2 Å². The second-order valence-corrected chi connectivity index (χ2v) is 15.3. The Kier molecular flexibility index (Phi) is 20.7. The largest absolute Gasteiger partial charge is 0.465 e. The first-order valence-electron chi connectivity index (χ1n) is 20.4. The van der Waals surface area contributed by atoms with Crippen LogP contribution in [0.1, 0.15) is 78.6 Å².